The fourth-order valence-corrected chi connectivity index (χ4v) is 4.04. The molecule has 23 heavy (non-hydrogen) atoms. The first-order valence-electron chi connectivity index (χ1n) is 7.97. The van der Waals surface area contributed by atoms with Gasteiger partial charge in [-0.1, -0.05) is 35.9 Å². The number of benzene rings is 2. The van der Waals surface area contributed by atoms with Crippen LogP contribution in [0.4, 0.5) is 5.69 Å². The molecule has 3 heteroatoms. The summed E-state index contributed by atoms with van der Waals surface area (Å²) in [5.74, 6) is 0.931. The highest BCUT2D eigenvalue weighted by molar-refractivity contribution is 6.30. The first kappa shape index (κ1) is 14.5. The first-order valence-corrected chi connectivity index (χ1v) is 8.35. The number of hydrogen-bond acceptors (Lipinski definition) is 2. The van der Waals surface area contributed by atoms with Gasteiger partial charge < -0.3 is 5.32 Å². The number of hydrogen-bond donors (Lipinski definition) is 1. The molecule has 2 unspecified atom stereocenters. The molecule has 1 aliphatic carbocycles. The molecule has 1 N–H and O–H groups in total. The van der Waals surface area contributed by atoms with Crippen LogP contribution < -0.4 is 5.32 Å². The van der Waals surface area contributed by atoms with Crippen molar-refractivity contribution in [3.8, 4) is 0 Å². The van der Waals surface area contributed by atoms with Gasteiger partial charge in [-0.2, -0.15) is 0 Å². The number of allylic oxidation sites excluding steroid dienone is 2. The molecule has 1 heterocycles. The van der Waals surface area contributed by atoms with E-state index in [4.69, 9.17) is 11.6 Å². The standard InChI is InChI=1S/C20H18ClNO/c1-12(23)13-8-9-19-18(11-13)16-6-3-7-17(16)20(22-19)14-4-2-5-15(21)10-14/h2-6,8-11,16-17,20,22H,7H2,1H3/t16?,17?,20-/m1/s1. The molecule has 0 saturated carbocycles. The summed E-state index contributed by atoms with van der Waals surface area (Å²) in [7, 11) is 0. The van der Waals surface area contributed by atoms with Crippen LogP contribution in [0.3, 0.4) is 0 Å². The molecule has 2 aliphatic rings. The predicted molar refractivity (Wildman–Crippen MR) is 94.3 cm³/mol. The molecule has 0 saturated heterocycles. The van der Waals surface area contributed by atoms with Crippen LogP contribution in [0.25, 0.3) is 0 Å². The lowest BCUT2D eigenvalue weighted by molar-refractivity contribution is 0.101. The largest absolute Gasteiger partial charge is 0.378 e. The van der Waals surface area contributed by atoms with E-state index in [1.165, 1.54) is 11.1 Å². The van der Waals surface area contributed by atoms with Crippen molar-refractivity contribution in [2.75, 3.05) is 5.32 Å². The smallest absolute Gasteiger partial charge is 0.159 e. The Kier molecular flexibility index (Phi) is 3.50. The second-order valence-electron chi connectivity index (χ2n) is 6.39. The van der Waals surface area contributed by atoms with Gasteiger partial charge in [0.1, 0.15) is 0 Å². The van der Waals surface area contributed by atoms with Crippen molar-refractivity contribution in [1.82, 2.24) is 0 Å². The SMILES string of the molecule is CC(=O)c1ccc2c(c1)C1C=CCC1[C@@H](c1cccc(Cl)c1)N2. The maximum absolute atomic E-state index is 11.7. The zero-order valence-electron chi connectivity index (χ0n) is 12.9. The molecule has 0 aromatic heterocycles. The van der Waals surface area contributed by atoms with Crippen LogP contribution in [0.5, 0.6) is 0 Å². The minimum absolute atomic E-state index is 0.114. The quantitative estimate of drug-likeness (QED) is 0.594. The highest BCUT2D eigenvalue weighted by Crippen LogP contribution is 2.50. The second-order valence-corrected chi connectivity index (χ2v) is 6.83. The summed E-state index contributed by atoms with van der Waals surface area (Å²) < 4.78 is 0. The molecular formula is C20H18ClNO. The van der Waals surface area contributed by atoms with Gasteiger partial charge in [0.2, 0.25) is 0 Å². The minimum Gasteiger partial charge on any atom is -0.378 e. The number of halogens is 1. The third-order valence-corrected chi connectivity index (χ3v) is 5.21. The number of Topliss-reactive ketones (excluding diaryl/α,β-unsaturated/α-hetero) is 1. The van der Waals surface area contributed by atoms with Crippen molar-refractivity contribution < 1.29 is 4.79 Å². The van der Waals surface area contributed by atoms with Gasteiger partial charge in [0.15, 0.2) is 5.78 Å². The number of rotatable bonds is 2. The van der Waals surface area contributed by atoms with E-state index in [-0.39, 0.29) is 11.8 Å². The van der Waals surface area contributed by atoms with Gasteiger partial charge in [0, 0.05) is 22.2 Å². The highest BCUT2D eigenvalue weighted by Gasteiger charge is 2.38. The molecule has 0 radical (unpaired) electrons. The van der Waals surface area contributed by atoms with Crippen molar-refractivity contribution in [1.29, 1.82) is 0 Å². The third kappa shape index (κ3) is 2.47. The average molecular weight is 324 g/mol. The fraction of sp³-hybridized carbons (Fsp3) is 0.250. The monoisotopic (exact) mass is 323 g/mol. The maximum Gasteiger partial charge on any atom is 0.159 e. The summed E-state index contributed by atoms with van der Waals surface area (Å²) >= 11 is 6.18. The molecule has 1 aliphatic heterocycles. The molecule has 2 aromatic rings. The van der Waals surface area contributed by atoms with E-state index in [0.29, 0.717) is 11.8 Å². The van der Waals surface area contributed by atoms with E-state index in [1.807, 2.05) is 36.4 Å². The lowest BCUT2D eigenvalue weighted by Gasteiger charge is -2.37. The second kappa shape index (κ2) is 5.54. The summed E-state index contributed by atoms with van der Waals surface area (Å²) in [6, 6.07) is 14.3. The number of fused-ring (bicyclic) bond motifs is 3. The molecule has 0 amide bonds. The number of carbonyl (C=O) groups excluding carboxylic acids is 1. The number of carbonyl (C=O) groups is 1. The Bertz CT molecular complexity index is 811. The summed E-state index contributed by atoms with van der Waals surface area (Å²) in [6.45, 7) is 1.62. The van der Waals surface area contributed by atoms with Gasteiger partial charge in [0.25, 0.3) is 0 Å². The van der Waals surface area contributed by atoms with E-state index in [0.717, 1.165) is 22.7 Å². The summed E-state index contributed by atoms with van der Waals surface area (Å²) in [4.78, 5) is 11.7. The lowest BCUT2D eigenvalue weighted by Crippen LogP contribution is -2.29. The van der Waals surface area contributed by atoms with E-state index < -0.39 is 0 Å². The average Bonchev–Trinajstić information content (AvgIpc) is 3.03. The Labute approximate surface area is 141 Å². The Morgan fingerprint density at radius 2 is 2.09 bits per heavy atom. The van der Waals surface area contributed by atoms with Crippen LogP contribution in [0, 0.1) is 5.92 Å². The topological polar surface area (TPSA) is 29.1 Å². The van der Waals surface area contributed by atoms with Gasteiger partial charge >= 0.3 is 0 Å². The molecule has 2 aromatic carbocycles. The highest BCUT2D eigenvalue weighted by atomic mass is 35.5. The maximum atomic E-state index is 11.7. The van der Waals surface area contributed by atoms with E-state index in [9.17, 15) is 4.79 Å². The van der Waals surface area contributed by atoms with Crippen LogP contribution in [-0.4, -0.2) is 5.78 Å². The fourth-order valence-electron chi connectivity index (χ4n) is 3.84. The van der Waals surface area contributed by atoms with E-state index >= 15 is 0 Å². The molecule has 0 spiro atoms. The third-order valence-electron chi connectivity index (χ3n) is 4.98. The van der Waals surface area contributed by atoms with Crippen molar-refractivity contribution >= 4 is 23.1 Å². The zero-order chi connectivity index (χ0) is 16.0. The van der Waals surface area contributed by atoms with E-state index in [1.54, 1.807) is 6.92 Å². The van der Waals surface area contributed by atoms with Crippen molar-refractivity contribution in [3.05, 3.63) is 76.3 Å². The number of anilines is 1. The van der Waals surface area contributed by atoms with Crippen LogP contribution in [0.2, 0.25) is 5.02 Å². The van der Waals surface area contributed by atoms with Crippen molar-refractivity contribution in [3.63, 3.8) is 0 Å². The molecule has 0 bridgehead atoms. The minimum atomic E-state index is 0.114. The Morgan fingerprint density at radius 3 is 2.87 bits per heavy atom. The zero-order valence-corrected chi connectivity index (χ0v) is 13.7. The number of ketones is 1. The van der Waals surface area contributed by atoms with Crippen molar-refractivity contribution in [2.45, 2.75) is 25.3 Å². The Balaban J connectivity index is 1.79. The van der Waals surface area contributed by atoms with Crippen LogP contribution >= 0.6 is 11.6 Å². The molecule has 2 nitrogen and oxygen atoms in total. The van der Waals surface area contributed by atoms with Gasteiger partial charge in [-0.05, 0) is 60.7 Å². The molecule has 4 rings (SSSR count). The van der Waals surface area contributed by atoms with Crippen molar-refractivity contribution in [2.24, 2.45) is 5.92 Å². The molecule has 3 atom stereocenters. The van der Waals surface area contributed by atoms with Gasteiger partial charge in [-0.15, -0.1) is 0 Å². The van der Waals surface area contributed by atoms with Gasteiger partial charge in [-0.25, -0.2) is 0 Å². The Hall–Kier alpha value is -2.06. The number of nitrogens with one attached hydrogen (secondary N) is 1. The van der Waals surface area contributed by atoms with Gasteiger partial charge in [0.05, 0.1) is 6.04 Å². The van der Waals surface area contributed by atoms with Gasteiger partial charge in [-0.3, -0.25) is 4.79 Å². The van der Waals surface area contributed by atoms with Crippen LogP contribution in [0.1, 0.15) is 46.8 Å². The summed E-state index contributed by atoms with van der Waals surface area (Å²) in [5.41, 5.74) is 4.35. The molecule has 116 valence electrons. The summed E-state index contributed by atoms with van der Waals surface area (Å²) in [6.07, 6.45) is 5.58. The first-order chi connectivity index (χ1) is 11.1. The Morgan fingerprint density at radius 1 is 1.22 bits per heavy atom. The van der Waals surface area contributed by atoms with Crippen LogP contribution in [-0.2, 0) is 0 Å². The predicted octanol–water partition coefficient (Wildman–Crippen LogP) is 5.37. The lowest BCUT2D eigenvalue weighted by atomic mass is 9.76. The summed E-state index contributed by atoms with van der Waals surface area (Å²) in [5, 5.41) is 4.44. The molecular weight excluding hydrogens is 306 g/mol. The van der Waals surface area contributed by atoms with E-state index in [2.05, 4.69) is 23.5 Å². The van der Waals surface area contributed by atoms with Crippen LogP contribution in [0.15, 0.2) is 54.6 Å². The normalized spacial score (nSPS) is 24.7. The molecule has 0 fully saturated rings.